The molecule has 0 aromatic carbocycles. The molecule has 4 atom stereocenters. The van der Waals surface area contributed by atoms with Gasteiger partial charge in [-0.1, -0.05) is 87.3 Å². The molecule has 4 amide bonds. The third-order valence-electron chi connectivity index (χ3n) is 8.89. The standard InChI is InChI=1S/C33H55N5O6/c1-10-17-34-27(41)23(39)20-35-28(42)25-22(21(2)3)14-18-38(25)29(43)26(32(7,8)9)36-30(44)37-33(15-12-11-13-16-33)19-24(40)31(4,5)6/h10,17,21-22,25-26,28,35,42H,1,11-16,18-20H2,2-9H3,(H2,36,37,44)/t22-,25+,26-,28?/m1/s1. The van der Waals surface area contributed by atoms with Crippen molar-refractivity contribution in [2.24, 2.45) is 27.7 Å². The highest BCUT2D eigenvalue weighted by molar-refractivity contribution is 6.38. The number of aliphatic hydroxyl groups excluding tert-OH is 1. The first-order valence-electron chi connectivity index (χ1n) is 15.9. The van der Waals surface area contributed by atoms with Gasteiger partial charge in [0, 0.05) is 30.1 Å². The number of carbonyl (C=O) groups excluding carboxylic acids is 5. The van der Waals surface area contributed by atoms with Crippen molar-refractivity contribution in [3.8, 4) is 0 Å². The number of allylic oxidation sites excluding steroid dienone is 1. The second-order valence-corrected chi connectivity index (χ2v) is 14.9. The number of urea groups is 1. The summed E-state index contributed by atoms with van der Waals surface area (Å²) in [6.07, 6.45) is 6.22. The molecule has 44 heavy (non-hydrogen) atoms. The van der Waals surface area contributed by atoms with E-state index < -0.39 is 58.9 Å². The van der Waals surface area contributed by atoms with Crippen molar-refractivity contribution < 1.29 is 29.1 Å². The number of aliphatic hydroxyl groups is 1. The first kappa shape index (κ1) is 37.3. The summed E-state index contributed by atoms with van der Waals surface area (Å²) in [4.78, 5) is 70.0. The fraction of sp³-hybridized carbons (Fsp3) is 0.758. The van der Waals surface area contributed by atoms with Gasteiger partial charge in [-0.2, -0.15) is 0 Å². The van der Waals surface area contributed by atoms with Crippen molar-refractivity contribution in [1.82, 2.24) is 20.9 Å². The third kappa shape index (κ3) is 10.1. The molecule has 1 saturated heterocycles. The average molecular weight is 618 g/mol. The van der Waals surface area contributed by atoms with Crippen LogP contribution in [0.3, 0.4) is 0 Å². The molecule has 2 aliphatic rings. The van der Waals surface area contributed by atoms with Crippen LogP contribution < -0.4 is 16.0 Å². The zero-order valence-corrected chi connectivity index (χ0v) is 28.0. The summed E-state index contributed by atoms with van der Waals surface area (Å²) >= 11 is 0. The Balaban J connectivity index is 2.26. The first-order chi connectivity index (χ1) is 20.3. The van der Waals surface area contributed by atoms with Gasteiger partial charge in [0.15, 0.2) is 0 Å². The van der Waals surface area contributed by atoms with Crippen molar-refractivity contribution in [3.05, 3.63) is 12.7 Å². The molecule has 1 unspecified atom stereocenters. The Bertz CT molecular complexity index is 1100. The average Bonchev–Trinajstić information content (AvgIpc) is 3.38. The van der Waals surface area contributed by atoms with Gasteiger partial charge in [0.1, 0.15) is 18.1 Å². The van der Waals surface area contributed by atoms with Crippen LogP contribution in [0.15, 0.2) is 17.6 Å². The van der Waals surface area contributed by atoms with E-state index in [-0.39, 0.29) is 29.9 Å². The highest BCUT2D eigenvalue weighted by atomic mass is 16.3. The van der Waals surface area contributed by atoms with Crippen molar-refractivity contribution in [1.29, 1.82) is 0 Å². The van der Waals surface area contributed by atoms with Crippen LogP contribution in [0.4, 0.5) is 4.79 Å². The zero-order chi connectivity index (χ0) is 33.5. The second-order valence-electron chi connectivity index (χ2n) is 14.9. The Morgan fingerprint density at radius 3 is 2.18 bits per heavy atom. The Hall–Kier alpha value is -2.92. The van der Waals surface area contributed by atoms with Crippen LogP contribution in [-0.2, 0) is 19.2 Å². The Kier molecular flexibility index (Phi) is 13.0. The summed E-state index contributed by atoms with van der Waals surface area (Å²) in [6.45, 7) is 18.6. The lowest BCUT2D eigenvalue weighted by Crippen LogP contribution is -2.63. The maximum atomic E-state index is 14.2. The van der Waals surface area contributed by atoms with Gasteiger partial charge in [-0.25, -0.2) is 9.79 Å². The molecule has 0 aromatic heterocycles. The van der Waals surface area contributed by atoms with Crippen molar-refractivity contribution in [3.63, 3.8) is 0 Å². The van der Waals surface area contributed by atoms with Crippen LogP contribution in [0.25, 0.3) is 0 Å². The van der Waals surface area contributed by atoms with E-state index in [1.54, 1.807) is 4.90 Å². The number of carbonyl (C=O) groups is 5. The minimum Gasteiger partial charge on any atom is -0.376 e. The number of ketones is 2. The van der Waals surface area contributed by atoms with Gasteiger partial charge < -0.3 is 20.6 Å². The van der Waals surface area contributed by atoms with Gasteiger partial charge in [-0.05, 0) is 36.5 Å². The van der Waals surface area contributed by atoms with Gasteiger partial charge in [0.2, 0.25) is 11.7 Å². The highest BCUT2D eigenvalue weighted by Gasteiger charge is 2.47. The molecule has 0 spiro atoms. The lowest BCUT2D eigenvalue weighted by Gasteiger charge is -2.41. The second kappa shape index (κ2) is 15.4. The number of hydrogen-bond donors (Lipinski definition) is 4. The van der Waals surface area contributed by atoms with Crippen molar-refractivity contribution >= 4 is 35.6 Å². The van der Waals surface area contributed by atoms with Crippen LogP contribution in [0, 0.1) is 22.7 Å². The number of hydrogen-bond acceptors (Lipinski definition) is 7. The first-order valence-corrected chi connectivity index (χ1v) is 15.9. The number of likely N-dealkylation sites (tertiary alicyclic amines) is 1. The van der Waals surface area contributed by atoms with Crippen LogP contribution in [0.5, 0.6) is 0 Å². The largest absolute Gasteiger partial charge is 0.376 e. The number of aliphatic imine (C=N–C) groups is 1. The minimum atomic E-state index is -1.29. The van der Waals surface area contributed by atoms with Gasteiger partial charge in [-0.15, -0.1) is 0 Å². The van der Waals surface area contributed by atoms with Crippen LogP contribution >= 0.6 is 0 Å². The topological polar surface area (TPSA) is 157 Å². The van der Waals surface area contributed by atoms with E-state index in [0.29, 0.717) is 25.8 Å². The van der Waals surface area contributed by atoms with E-state index in [9.17, 15) is 29.1 Å². The monoisotopic (exact) mass is 617 g/mol. The molecule has 0 bridgehead atoms. The molecule has 1 aliphatic carbocycles. The molecule has 0 radical (unpaired) electrons. The molecule has 1 saturated carbocycles. The summed E-state index contributed by atoms with van der Waals surface area (Å²) in [5, 5.41) is 20.0. The zero-order valence-electron chi connectivity index (χ0n) is 28.0. The molecule has 11 nitrogen and oxygen atoms in total. The van der Waals surface area contributed by atoms with Crippen molar-refractivity contribution in [2.45, 2.75) is 124 Å². The number of nitrogens with one attached hydrogen (secondary N) is 3. The summed E-state index contributed by atoms with van der Waals surface area (Å²) in [5.41, 5.74) is -1.88. The number of nitrogens with zero attached hydrogens (tertiary/aromatic N) is 2. The molecule has 248 valence electrons. The Morgan fingerprint density at radius 1 is 1.05 bits per heavy atom. The highest BCUT2D eigenvalue weighted by Crippen LogP contribution is 2.36. The molecular formula is C33H55N5O6. The fourth-order valence-electron chi connectivity index (χ4n) is 6.18. The predicted molar refractivity (Wildman–Crippen MR) is 171 cm³/mol. The molecule has 0 aromatic rings. The quantitative estimate of drug-likeness (QED) is 0.148. The van der Waals surface area contributed by atoms with Gasteiger partial charge >= 0.3 is 11.9 Å². The number of rotatable bonds is 12. The van der Waals surface area contributed by atoms with E-state index in [1.807, 2.05) is 55.4 Å². The number of Topliss-reactive ketones (excluding diaryl/α,β-unsaturated/α-hetero) is 2. The molecule has 2 rings (SSSR count). The van der Waals surface area contributed by atoms with Crippen LogP contribution in [-0.4, -0.2) is 82.6 Å². The summed E-state index contributed by atoms with van der Waals surface area (Å²) < 4.78 is 0. The molecule has 1 aliphatic heterocycles. The lowest BCUT2D eigenvalue weighted by molar-refractivity contribution is -0.141. The van der Waals surface area contributed by atoms with Crippen LogP contribution in [0.1, 0.15) is 100 Å². The maximum Gasteiger partial charge on any atom is 0.315 e. The van der Waals surface area contributed by atoms with E-state index in [4.69, 9.17) is 0 Å². The van der Waals surface area contributed by atoms with E-state index in [2.05, 4.69) is 27.5 Å². The van der Waals surface area contributed by atoms with Gasteiger partial charge in [0.05, 0.1) is 12.6 Å². The van der Waals surface area contributed by atoms with Gasteiger partial charge in [-0.3, -0.25) is 24.5 Å². The maximum absolute atomic E-state index is 14.2. The summed E-state index contributed by atoms with van der Waals surface area (Å²) in [6, 6.07) is -2.12. The predicted octanol–water partition coefficient (Wildman–Crippen LogP) is 3.54. The van der Waals surface area contributed by atoms with E-state index in [1.165, 1.54) is 6.08 Å². The van der Waals surface area contributed by atoms with E-state index >= 15 is 0 Å². The molecule has 1 heterocycles. The SMILES string of the molecule is C=CC=NC(=O)C(=O)CNC(O)[C@@H]1[C@@H](C(C)C)CCN1C(=O)[C@@H](NC(=O)NC1(CC(=O)C(C)(C)C)CCCCC1)C(C)(C)C. The summed E-state index contributed by atoms with van der Waals surface area (Å²) in [7, 11) is 0. The normalized spacial score (nSPS) is 22.0. The molecule has 4 N–H and O–H groups in total. The van der Waals surface area contributed by atoms with E-state index in [0.717, 1.165) is 25.5 Å². The van der Waals surface area contributed by atoms with Gasteiger partial charge in [0.25, 0.3) is 0 Å². The molecular weight excluding hydrogens is 562 g/mol. The Morgan fingerprint density at radius 2 is 1.66 bits per heavy atom. The van der Waals surface area contributed by atoms with Crippen molar-refractivity contribution in [2.75, 3.05) is 13.1 Å². The molecule has 2 fully saturated rings. The fourth-order valence-corrected chi connectivity index (χ4v) is 6.18. The number of amides is 4. The summed E-state index contributed by atoms with van der Waals surface area (Å²) in [5.74, 6) is -2.03. The Labute approximate surface area is 263 Å². The third-order valence-corrected chi connectivity index (χ3v) is 8.89. The molecule has 11 heteroatoms. The lowest BCUT2D eigenvalue weighted by atomic mass is 9.74. The smallest absolute Gasteiger partial charge is 0.315 e. The van der Waals surface area contributed by atoms with Crippen LogP contribution in [0.2, 0.25) is 0 Å². The minimum absolute atomic E-state index is 0.0805.